The lowest BCUT2D eigenvalue weighted by atomic mass is 9.68. The van der Waals surface area contributed by atoms with E-state index in [1.165, 1.54) is 4.90 Å². The Morgan fingerprint density at radius 1 is 1.18 bits per heavy atom. The third-order valence-corrected chi connectivity index (χ3v) is 6.23. The molecular weight excluding hydrogens is 352 g/mol. The van der Waals surface area contributed by atoms with Crippen LogP contribution in [0.5, 0.6) is 0 Å². The molecule has 3 atom stereocenters. The number of carbonyl (C=O) groups is 1. The molecule has 2 aromatic carbocycles. The molecule has 28 heavy (non-hydrogen) atoms. The van der Waals surface area contributed by atoms with E-state index in [2.05, 4.69) is 20.8 Å². The van der Waals surface area contributed by atoms with Gasteiger partial charge in [-0.3, -0.25) is 4.90 Å². The van der Waals surface area contributed by atoms with Crippen LogP contribution in [-0.4, -0.2) is 32.8 Å². The molecule has 2 aromatic rings. The van der Waals surface area contributed by atoms with Gasteiger partial charge in [-0.2, -0.15) is 0 Å². The Kier molecular flexibility index (Phi) is 5.39. The topological polar surface area (TPSA) is 86.8 Å². The second-order valence-corrected chi connectivity index (χ2v) is 8.81. The lowest BCUT2D eigenvalue weighted by molar-refractivity contribution is -0.0177. The minimum absolute atomic E-state index is 0.308. The van der Waals surface area contributed by atoms with Crippen LogP contribution in [-0.2, 0) is 6.42 Å². The fourth-order valence-corrected chi connectivity index (χ4v) is 4.60. The van der Waals surface area contributed by atoms with Crippen molar-refractivity contribution in [1.29, 1.82) is 0 Å². The minimum atomic E-state index is -0.983. The number of aliphatic hydroxyl groups is 1. The molecule has 4 N–H and O–H groups in total. The van der Waals surface area contributed by atoms with E-state index >= 15 is 0 Å². The van der Waals surface area contributed by atoms with Crippen molar-refractivity contribution in [2.24, 2.45) is 5.41 Å². The summed E-state index contributed by atoms with van der Waals surface area (Å²) >= 11 is 0. The number of amides is 1. The van der Waals surface area contributed by atoms with Crippen LogP contribution in [0.4, 0.5) is 10.5 Å². The average molecular weight is 383 g/mol. The van der Waals surface area contributed by atoms with Gasteiger partial charge in [0.1, 0.15) is 0 Å². The van der Waals surface area contributed by atoms with E-state index in [1.54, 1.807) is 0 Å². The first-order valence-electron chi connectivity index (χ1n) is 9.75. The average Bonchev–Trinajstić information content (AvgIpc) is 3.04. The summed E-state index contributed by atoms with van der Waals surface area (Å²) in [5.74, 6) is 0. The zero-order chi connectivity index (χ0) is 20.5. The molecule has 3 rings (SSSR count). The fraction of sp³-hybridized carbons (Fsp3) is 0.435. The van der Waals surface area contributed by atoms with Crippen LogP contribution in [0.2, 0.25) is 0 Å². The summed E-state index contributed by atoms with van der Waals surface area (Å²) in [6.07, 6.45) is 0.0630. The molecule has 0 radical (unpaired) electrons. The van der Waals surface area contributed by atoms with Crippen LogP contribution in [0.3, 0.4) is 0 Å². The molecular formula is C23H30N2O3. The van der Waals surface area contributed by atoms with Crippen LogP contribution < -0.4 is 5.73 Å². The maximum Gasteiger partial charge on any atom is 0.408 e. The highest BCUT2D eigenvalue weighted by Gasteiger charge is 2.56. The lowest BCUT2D eigenvalue weighted by Crippen LogP contribution is -2.59. The lowest BCUT2D eigenvalue weighted by Gasteiger charge is -2.49. The number of aliphatic hydroxyl groups excluding tert-OH is 1. The van der Waals surface area contributed by atoms with Crippen LogP contribution in [0.15, 0.2) is 54.6 Å². The third kappa shape index (κ3) is 3.59. The van der Waals surface area contributed by atoms with Gasteiger partial charge in [0, 0.05) is 5.69 Å². The summed E-state index contributed by atoms with van der Waals surface area (Å²) < 4.78 is 0. The Labute approximate surface area is 166 Å². The molecule has 1 aliphatic heterocycles. The number of carboxylic acid groups (broad SMARTS) is 1. The third-order valence-electron chi connectivity index (χ3n) is 6.23. The van der Waals surface area contributed by atoms with Gasteiger partial charge in [-0.25, -0.2) is 4.79 Å². The molecule has 150 valence electrons. The number of likely N-dealkylation sites (tertiary alicyclic amines) is 1. The summed E-state index contributed by atoms with van der Waals surface area (Å²) in [6, 6.07) is 16.5. The van der Waals surface area contributed by atoms with Gasteiger partial charge in [0.15, 0.2) is 0 Å². The van der Waals surface area contributed by atoms with Gasteiger partial charge in [-0.15, -0.1) is 0 Å². The van der Waals surface area contributed by atoms with Gasteiger partial charge in [0.05, 0.1) is 17.7 Å². The van der Waals surface area contributed by atoms with Crippen molar-refractivity contribution < 1.29 is 15.0 Å². The largest absolute Gasteiger partial charge is 0.465 e. The number of rotatable bonds is 4. The van der Waals surface area contributed by atoms with Crippen LogP contribution >= 0.6 is 0 Å². The number of nitrogens with two attached hydrogens (primary N) is 1. The smallest absolute Gasteiger partial charge is 0.408 e. The first-order chi connectivity index (χ1) is 13.2. The quantitative estimate of drug-likeness (QED) is 0.681. The van der Waals surface area contributed by atoms with Crippen LogP contribution in [0, 0.1) is 5.41 Å². The summed E-state index contributed by atoms with van der Waals surface area (Å²) in [7, 11) is 0. The van der Waals surface area contributed by atoms with Crippen molar-refractivity contribution in [3.63, 3.8) is 0 Å². The molecule has 5 nitrogen and oxygen atoms in total. The van der Waals surface area contributed by atoms with Crippen molar-refractivity contribution >= 4 is 11.8 Å². The summed E-state index contributed by atoms with van der Waals surface area (Å²) in [5.41, 5.74) is 7.37. The number of anilines is 1. The molecule has 5 heteroatoms. The van der Waals surface area contributed by atoms with E-state index < -0.39 is 23.8 Å². The zero-order valence-electron chi connectivity index (χ0n) is 16.8. The number of benzene rings is 2. The second kappa shape index (κ2) is 7.47. The monoisotopic (exact) mass is 382 g/mol. The maximum atomic E-state index is 12.4. The maximum absolute atomic E-state index is 12.4. The molecule has 1 saturated heterocycles. The van der Waals surface area contributed by atoms with E-state index in [-0.39, 0.29) is 5.41 Å². The standard InChI is InChI=1S/C23H30N2O3/c1-22(2,3)23(15-16-9-11-18(24)12-10-16)14-13-19(25(23)21(27)28)20(26)17-7-5-4-6-8-17/h4-12,19-20,26H,13-15,24H2,1-3H3,(H,27,28)/t19-,20-,23-/m1/s1. The highest BCUT2D eigenvalue weighted by atomic mass is 16.4. The Morgan fingerprint density at radius 2 is 1.79 bits per heavy atom. The Bertz CT molecular complexity index is 814. The second-order valence-electron chi connectivity index (χ2n) is 8.81. The minimum Gasteiger partial charge on any atom is -0.465 e. The van der Waals surface area contributed by atoms with Gasteiger partial charge < -0.3 is 15.9 Å². The molecule has 1 fully saturated rings. The van der Waals surface area contributed by atoms with Gasteiger partial charge in [-0.05, 0) is 47.9 Å². The number of hydrogen-bond acceptors (Lipinski definition) is 3. The van der Waals surface area contributed by atoms with Crippen molar-refractivity contribution in [2.75, 3.05) is 5.73 Å². The Balaban J connectivity index is 2.01. The van der Waals surface area contributed by atoms with Gasteiger partial charge in [0.25, 0.3) is 0 Å². The van der Waals surface area contributed by atoms with Gasteiger partial charge in [0.2, 0.25) is 0 Å². The molecule has 0 unspecified atom stereocenters. The molecule has 1 amide bonds. The zero-order valence-corrected chi connectivity index (χ0v) is 16.8. The van der Waals surface area contributed by atoms with E-state index in [4.69, 9.17) is 5.73 Å². The number of nitrogen functional groups attached to an aromatic ring is 1. The molecule has 0 saturated carbocycles. The van der Waals surface area contributed by atoms with Gasteiger partial charge >= 0.3 is 6.09 Å². The molecule has 1 aliphatic rings. The van der Waals surface area contributed by atoms with E-state index in [1.807, 2.05) is 54.6 Å². The predicted octanol–water partition coefficient (Wildman–Crippen LogP) is 4.47. The predicted molar refractivity (Wildman–Crippen MR) is 111 cm³/mol. The van der Waals surface area contributed by atoms with Crippen LogP contribution in [0.25, 0.3) is 0 Å². The van der Waals surface area contributed by atoms with E-state index in [9.17, 15) is 15.0 Å². The van der Waals surface area contributed by atoms with E-state index in [0.29, 0.717) is 24.9 Å². The first-order valence-corrected chi connectivity index (χ1v) is 9.75. The van der Waals surface area contributed by atoms with E-state index in [0.717, 1.165) is 11.1 Å². The molecule has 1 heterocycles. The van der Waals surface area contributed by atoms with Crippen molar-refractivity contribution in [1.82, 2.24) is 4.90 Å². The molecule has 0 aliphatic carbocycles. The van der Waals surface area contributed by atoms with Crippen LogP contribution in [0.1, 0.15) is 50.8 Å². The fourth-order valence-electron chi connectivity index (χ4n) is 4.60. The normalized spacial score (nSPS) is 23.6. The van der Waals surface area contributed by atoms with Gasteiger partial charge in [-0.1, -0.05) is 63.2 Å². The summed E-state index contributed by atoms with van der Waals surface area (Å²) in [4.78, 5) is 14.0. The highest BCUT2D eigenvalue weighted by Crippen LogP contribution is 2.50. The van der Waals surface area contributed by atoms with Crippen molar-refractivity contribution in [3.8, 4) is 0 Å². The number of hydrogen-bond donors (Lipinski definition) is 3. The molecule has 0 bridgehead atoms. The first kappa shape index (κ1) is 20.2. The summed E-state index contributed by atoms with van der Waals surface area (Å²) in [6.45, 7) is 6.24. The molecule has 0 spiro atoms. The Hall–Kier alpha value is -2.53. The summed E-state index contributed by atoms with van der Waals surface area (Å²) in [5, 5.41) is 21.2. The van der Waals surface area contributed by atoms with Crippen molar-refractivity contribution in [3.05, 3.63) is 65.7 Å². The Morgan fingerprint density at radius 3 is 2.32 bits per heavy atom. The highest BCUT2D eigenvalue weighted by molar-refractivity contribution is 5.68. The van der Waals surface area contributed by atoms with Crippen molar-refractivity contribution in [2.45, 2.75) is 57.7 Å². The molecule has 0 aromatic heterocycles. The number of nitrogens with zero attached hydrogens (tertiary/aromatic N) is 1. The SMILES string of the molecule is CC(C)(C)[C@]1(Cc2ccc(N)cc2)CC[C@H]([C@H](O)c2ccccc2)N1C(=O)O.